The molecule has 5 nitrogen and oxygen atoms in total. The second-order valence-electron chi connectivity index (χ2n) is 4.87. The molecule has 1 N–H and O–H groups in total. The number of rotatable bonds is 5. The molecule has 1 aliphatic heterocycles. The topological polar surface area (TPSA) is 58.2 Å². The fraction of sp³-hybridized carbons (Fsp3) is 0.692. The van der Waals surface area contributed by atoms with Crippen LogP contribution in [0.25, 0.3) is 0 Å². The first-order chi connectivity index (χ1) is 8.75. The standard InChI is InChI=1S/C13H21N3O2/c1-16(7-2-11-3-8-18-9-4-11)13(17)10-12-14-5-6-15-12/h5-6,11H,2-4,7-10H2,1H3,(H,14,15). The van der Waals surface area contributed by atoms with Crippen LogP contribution in [0, 0.1) is 5.92 Å². The number of H-pyrrole nitrogens is 1. The molecule has 1 aliphatic rings. The monoisotopic (exact) mass is 251 g/mol. The van der Waals surface area contributed by atoms with Gasteiger partial charge in [0.1, 0.15) is 5.82 Å². The van der Waals surface area contributed by atoms with E-state index in [0.717, 1.165) is 44.8 Å². The third kappa shape index (κ3) is 3.84. The maximum atomic E-state index is 11.9. The van der Waals surface area contributed by atoms with Crippen molar-refractivity contribution in [1.29, 1.82) is 0 Å². The van der Waals surface area contributed by atoms with Crippen molar-refractivity contribution in [3.63, 3.8) is 0 Å². The third-order valence-electron chi connectivity index (χ3n) is 3.51. The Bertz CT molecular complexity index is 358. The van der Waals surface area contributed by atoms with Crippen molar-refractivity contribution in [3.05, 3.63) is 18.2 Å². The number of carbonyl (C=O) groups excluding carboxylic acids is 1. The highest BCUT2D eigenvalue weighted by atomic mass is 16.5. The van der Waals surface area contributed by atoms with E-state index in [1.165, 1.54) is 0 Å². The first-order valence-electron chi connectivity index (χ1n) is 6.55. The minimum absolute atomic E-state index is 0.122. The van der Waals surface area contributed by atoms with Crippen LogP contribution < -0.4 is 0 Å². The number of likely N-dealkylation sites (N-methyl/N-ethyl adjacent to an activating group) is 1. The van der Waals surface area contributed by atoms with Gasteiger partial charge in [-0.25, -0.2) is 4.98 Å². The van der Waals surface area contributed by atoms with Crippen LogP contribution in [0.5, 0.6) is 0 Å². The van der Waals surface area contributed by atoms with Crippen LogP contribution in [0.1, 0.15) is 25.1 Å². The maximum absolute atomic E-state index is 11.9. The number of carbonyl (C=O) groups is 1. The van der Waals surface area contributed by atoms with Crippen molar-refractivity contribution in [1.82, 2.24) is 14.9 Å². The molecule has 0 saturated carbocycles. The fourth-order valence-electron chi connectivity index (χ4n) is 2.21. The smallest absolute Gasteiger partial charge is 0.229 e. The van der Waals surface area contributed by atoms with E-state index in [1.807, 2.05) is 7.05 Å². The average molecular weight is 251 g/mol. The molecule has 1 amide bonds. The number of amides is 1. The Morgan fingerprint density at radius 2 is 2.33 bits per heavy atom. The van der Waals surface area contributed by atoms with Crippen molar-refractivity contribution in [3.8, 4) is 0 Å². The molecule has 0 spiro atoms. The molecule has 0 bridgehead atoms. The largest absolute Gasteiger partial charge is 0.381 e. The van der Waals surface area contributed by atoms with Crippen LogP contribution >= 0.6 is 0 Å². The zero-order valence-corrected chi connectivity index (χ0v) is 10.9. The number of hydrogen-bond donors (Lipinski definition) is 1. The van der Waals surface area contributed by atoms with Gasteiger partial charge in [-0.2, -0.15) is 0 Å². The van der Waals surface area contributed by atoms with E-state index < -0.39 is 0 Å². The van der Waals surface area contributed by atoms with Gasteiger partial charge in [0.15, 0.2) is 0 Å². The molecule has 0 radical (unpaired) electrons. The molecule has 100 valence electrons. The summed E-state index contributed by atoms with van der Waals surface area (Å²) >= 11 is 0. The minimum atomic E-state index is 0.122. The maximum Gasteiger partial charge on any atom is 0.229 e. The van der Waals surface area contributed by atoms with E-state index >= 15 is 0 Å². The van der Waals surface area contributed by atoms with Gasteiger partial charge >= 0.3 is 0 Å². The highest BCUT2D eigenvalue weighted by molar-refractivity contribution is 5.77. The van der Waals surface area contributed by atoms with E-state index in [0.29, 0.717) is 12.3 Å². The second kappa shape index (κ2) is 6.54. The highest BCUT2D eigenvalue weighted by Gasteiger charge is 2.16. The summed E-state index contributed by atoms with van der Waals surface area (Å²) in [5.41, 5.74) is 0. The molecular formula is C13H21N3O2. The zero-order valence-electron chi connectivity index (χ0n) is 10.9. The Morgan fingerprint density at radius 3 is 3.00 bits per heavy atom. The average Bonchev–Trinajstić information content (AvgIpc) is 2.90. The number of imidazole rings is 1. The lowest BCUT2D eigenvalue weighted by molar-refractivity contribution is -0.129. The summed E-state index contributed by atoms with van der Waals surface area (Å²) in [5.74, 6) is 1.56. The number of hydrogen-bond acceptors (Lipinski definition) is 3. The van der Waals surface area contributed by atoms with Crippen LogP contribution in [0.15, 0.2) is 12.4 Å². The molecule has 0 unspecified atom stereocenters. The Morgan fingerprint density at radius 1 is 1.56 bits per heavy atom. The quantitative estimate of drug-likeness (QED) is 0.856. The van der Waals surface area contributed by atoms with Crippen molar-refractivity contribution in [2.24, 2.45) is 5.92 Å². The van der Waals surface area contributed by atoms with Gasteiger partial charge in [0.05, 0.1) is 6.42 Å². The van der Waals surface area contributed by atoms with Gasteiger partial charge < -0.3 is 14.6 Å². The lowest BCUT2D eigenvalue weighted by Crippen LogP contribution is -2.31. The van der Waals surface area contributed by atoms with Gasteiger partial charge in [-0.3, -0.25) is 4.79 Å². The van der Waals surface area contributed by atoms with E-state index in [9.17, 15) is 4.79 Å². The molecule has 1 aromatic heterocycles. The SMILES string of the molecule is CN(CCC1CCOCC1)C(=O)Cc1ncc[nH]1. The van der Waals surface area contributed by atoms with Gasteiger partial charge in [-0.05, 0) is 25.2 Å². The summed E-state index contributed by atoms with van der Waals surface area (Å²) < 4.78 is 5.33. The van der Waals surface area contributed by atoms with Crippen LogP contribution in [0.4, 0.5) is 0 Å². The van der Waals surface area contributed by atoms with Crippen LogP contribution in [0.2, 0.25) is 0 Å². The summed E-state index contributed by atoms with van der Waals surface area (Å²) in [6, 6.07) is 0. The highest BCUT2D eigenvalue weighted by Crippen LogP contribution is 2.18. The summed E-state index contributed by atoms with van der Waals surface area (Å²) in [7, 11) is 1.87. The minimum Gasteiger partial charge on any atom is -0.381 e. The fourth-order valence-corrected chi connectivity index (χ4v) is 2.21. The molecule has 1 saturated heterocycles. The predicted molar refractivity (Wildman–Crippen MR) is 68.1 cm³/mol. The number of nitrogens with one attached hydrogen (secondary N) is 1. The Balaban J connectivity index is 1.70. The van der Waals surface area contributed by atoms with Crippen molar-refractivity contribution in [2.45, 2.75) is 25.7 Å². The molecule has 0 atom stereocenters. The van der Waals surface area contributed by atoms with Crippen LogP contribution in [-0.4, -0.2) is 47.6 Å². The van der Waals surface area contributed by atoms with Crippen LogP contribution in [0.3, 0.4) is 0 Å². The molecule has 1 fully saturated rings. The first-order valence-corrected chi connectivity index (χ1v) is 6.55. The van der Waals surface area contributed by atoms with E-state index in [1.54, 1.807) is 17.3 Å². The third-order valence-corrected chi connectivity index (χ3v) is 3.51. The summed E-state index contributed by atoms with van der Waals surface area (Å²) in [5, 5.41) is 0. The number of nitrogens with zero attached hydrogens (tertiary/aromatic N) is 2. The molecule has 0 aliphatic carbocycles. The van der Waals surface area contributed by atoms with Gasteiger partial charge in [-0.15, -0.1) is 0 Å². The molecule has 0 aromatic carbocycles. The Kier molecular flexibility index (Phi) is 4.75. The summed E-state index contributed by atoms with van der Waals surface area (Å²) in [6.45, 7) is 2.56. The van der Waals surface area contributed by atoms with Crippen molar-refractivity contribution < 1.29 is 9.53 Å². The summed E-state index contributed by atoms with van der Waals surface area (Å²) in [4.78, 5) is 20.8. The molecule has 18 heavy (non-hydrogen) atoms. The molecular weight excluding hydrogens is 230 g/mol. The lowest BCUT2D eigenvalue weighted by atomic mass is 9.96. The Hall–Kier alpha value is -1.36. The Labute approximate surface area is 108 Å². The van der Waals surface area contributed by atoms with Gasteiger partial charge in [-0.1, -0.05) is 0 Å². The number of ether oxygens (including phenoxy) is 1. The number of aromatic nitrogens is 2. The van der Waals surface area contributed by atoms with E-state index in [-0.39, 0.29) is 5.91 Å². The van der Waals surface area contributed by atoms with Crippen molar-refractivity contribution >= 4 is 5.91 Å². The number of aromatic amines is 1. The van der Waals surface area contributed by atoms with E-state index in [4.69, 9.17) is 4.74 Å². The predicted octanol–water partition coefficient (Wildman–Crippen LogP) is 1.23. The van der Waals surface area contributed by atoms with Crippen molar-refractivity contribution in [2.75, 3.05) is 26.8 Å². The molecule has 1 aromatic rings. The second-order valence-corrected chi connectivity index (χ2v) is 4.87. The van der Waals surface area contributed by atoms with E-state index in [2.05, 4.69) is 9.97 Å². The normalized spacial score (nSPS) is 16.7. The lowest BCUT2D eigenvalue weighted by Gasteiger charge is -2.24. The zero-order chi connectivity index (χ0) is 12.8. The van der Waals surface area contributed by atoms with Crippen LogP contribution in [-0.2, 0) is 16.0 Å². The summed E-state index contributed by atoms with van der Waals surface area (Å²) in [6.07, 6.45) is 7.09. The first kappa shape index (κ1) is 13.1. The molecule has 2 heterocycles. The molecule has 5 heteroatoms. The van der Waals surface area contributed by atoms with Gasteiger partial charge in [0.2, 0.25) is 5.91 Å². The van der Waals surface area contributed by atoms with Gasteiger partial charge in [0, 0.05) is 39.2 Å². The van der Waals surface area contributed by atoms with Gasteiger partial charge in [0.25, 0.3) is 0 Å². The molecule has 2 rings (SSSR count).